The first-order chi connectivity index (χ1) is 10.0. The third-order valence-electron chi connectivity index (χ3n) is 3.65. The number of nitrogens with one attached hydrogen (secondary N) is 2. The standard InChI is InChI=1S/C14H29N3O3S/c1-3-5-12-21(19,20)17-11-6-7-13(17)14(18)16-10-9-15-8-4-2/h13,15H,3-12H2,1-2H3,(H,16,18). The third-order valence-corrected chi connectivity index (χ3v) is 5.60. The number of hydrogen-bond acceptors (Lipinski definition) is 4. The first-order valence-electron chi connectivity index (χ1n) is 8.00. The van der Waals surface area contributed by atoms with Crippen molar-refractivity contribution in [1.29, 1.82) is 0 Å². The first kappa shape index (κ1) is 18.4. The number of sulfonamides is 1. The topological polar surface area (TPSA) is 78.5 Å². The van der Waals surface area contributed by atoms with Crippen LogP contribution in [0.4, 0.5) is 0 Å². The molecular formula is C14H29N3O3S. The fourth-order valence-electron chi connectivity index (χ4n) is 2.47. The minimum atomic E-state index is -3.30. The molecule has 1 aliphatic rings. The molecule has 2 N–H and O–H groups in total. The molecule has 0 radical (unpaired) electrons. The fourth-order valence-corrected chi connectivity index (χ4v) is 4.36. The van der Waals surface area contributed by atoms with Gasteiger partial charge in [0.05, 0.1) is 5.75 Å². The lowest BCUT2D eigenvalue weighted by molar-refractivity contribution is -0.124. The van der Waals surface area contributed by atoms with Crippen molar-refractivity contribution in [2.45, 2.75) is 52.0 Å². The summed E-state index contributed by atoms with van der Waals surface area (Å²) in [7, 11) is -3.30. The highest BCUT2D eigenvalue weighted by molar-refractivity contribution is 7.89. The van der Waals surface area contributed by atoms with Gasteiger partial charge in [0.25, 0.3) is 0 Å². The van der Waals surface area contributed by atoms with Gasteiger partial charge in [-0.3, -0.25) is 4.79 Å². The lowest BCUT2D eigenvalue weighted by Crippen LogP contribution is -2.47. The number of hydrogen-bond donors (Lipinski definition) is 2. The van der Waals surface area contributed by atoms with Gasteiger partial charge in [-0.2, -0.15) is 4.31 Å². The Kier molecular flexibility index (Phi) is 8.21. The second-order valence-electron chi connectivity index (χ2n) is 5.48. The van der Waals surface area contributed by atoms with Crippen LogP contribution >= 0.6 is 0 Å². The number of unbranched alkanes of at least 4 members (excludes halogenated alkanes) is 1. The zero-order valence-corrected chi connectivity index (χ0v) is 14.0. The molecule has 0 saturated carbocycles. The Morgan fingerprint density at radius 2 is 1.95 bits per heavy atom. The zero-order valence-electron chi connectivity index (χ0n) is 13.2. The Labute approximate surface area is 128 Å². The molecule has 1 heterocycles. The van der Waals surface area contributed by atoms with Gasteiger partial charge in [-0.1, -0.05) is 20.3 Å². The van der Waals surface area contributed by atoms with Crippen molar-refractivity contribution in [2.75, 3.05) is 31.9 Å². The maximum absolute atomic E-state index is 12.3. The van der Waals surface area contributed by atoms with Gasteiger partial charge in [0.15, 0.2) is 0 Å². The molecule has 0 aromatic carbocycles. The van der Waals surface area contributed by atoms with E-state index in [0.29, 0.717) is 25.9 Å². The van der Waals surface area contributed by atoms with E-state index in [1.54, 1.807) is 0 Å². The minimum absolute atomic E-state index is 0.144. The van der Waals surface area contributed by atoms with E-state index >= 15 is 0 Å². The highest BCUT2D eigenvalue weighted by Gasteiger charge is 2.37. The molecule has 1 aliphatic heterocycles. The van der Waals surface area contributed by atoms with Crippen molar-refractivity contribution >= 4 is 15.9 Å². The number of nitrogens with zero attached hydrogens (tertiary/aromatic N) is 1. The van der Waals surface area contributed by atoms with Gasteiger partial charge < -0.3 is 10.6 Å². The highest BCUT2D eigenvalue weighted by Crippen LogP contribution is 2.22. The molecule has 0 aliphatic carbocycles. The third kappa shape index (κ3) is 5.92. The summed E-state index contributed by atoms with van der Waals surface area (Å²) in [5.41, 5.74) is 0. The van der Waals surface area contributed by atoms with Crippen LogP contribution in [0.1, 0.15) is 46.0 Å². The van der Waals surface area contributed by atoms with Gasteiger partial charge in [0.2, 0.25) is 15.9 Å². The van der Waals surface area contributed by atoms with Crippen molar-refractivity contribution < 1.29 is 13.2 Å². The molecule has 0 aromatic heterocycles. The van der Waals surface area contributed by atoms with E-state index in [0.717, 1.165) is 32.4 Å². The summed E-state index contributed by atoms with van der Waals surface area (Å²) in [6.45, 7) is 6.71. The smallest absolute Gasteiger partial charge is 0.238 e. The Morgan fingerprint density at radius 1 is 1.19 bits per heavy atom. The molecule has 0 spiro atoms. The first-order valence-corrected chi connectivity index (χ1v) is 9.61. The molecule has 1 atom stereocenters. The lowest BCUT2D eigenvalue weighted by Gasteiger charge is -2.23. The van der Waals surface area contributed by atoms with Crippen LogP contribution in [0, 0.1) is 0 Å². The van der Waals surface area contributed by atoms with Gasteiger partial charge >= 0.3 is 0 Å². The number of carbonyl (C=O) groups is 1. The molecule has 0 bridgehead atoms. The van der Waals surface area contributed by atoms with Crippen LogP contribution in [0.3, 0.4) is 0 Å². The van der Waals surface area contributed by atoms with Gasteiger partial charge in [-0.15, -0.1) is 0 Å². The summed E-state index contributed by atoms with van der Waals surface area (Å²) >= 11 is 0. The van der Waals surface area contributed by atoms with Crippen LogP contribution in [0.2, 0.25) is 0 Å². The molecule has 1 rings (SSSR count). The quantitative estimate of drug-likeness (QED) is 0.581. The lowest BCUT2D eigenvalue weighted by atomic mass is 10.2. The predicted molar refractivity (Wildman–Crippen MR) is 84.6 cm³/mol. The van der Waals surface area contributed by atoms with Crippen LogP contribution in [0.25, 0.3) is 0 Å². The van der Waals surface area contributed by atoms with Gasteiger partial charge in [0, 0.05) is 19.6 Å². The van der Waals surface area contributed by atoms with E-state index < -0.39 is 16.1 Å². The second-order valence-corrected chi connectivity index (χ2v) is 7.52. The van der Waals surface area contributed by atoms with Crippen LogP contribution < -0.4 is 10.6 Å². The summed E-state index contributed by atoms with van der Waals surface area (Å²) in [5, 5.41) is 6.04. The van der Waals surface area contributed by atoms with E-state index in [2.05, 4.69) is 17.6 Å². The Morgan fingerprint density at radius 3 is 2.62 bits per heavy atom. The second kappa shape index (κ2) is 9.38. The summed E-state index contributed by atoms with van der Waals surface area (Å²) in [4.78, 5) is 12.2. The van der Waals surface area contributed by atoms with Crippen molar-refractivity contribution in [3.63, 3.8) is 0 Å². The molecule has 6 nitrogen and oxygen atoms in total. The van der Waals surface area contributed by atoms with Gasteiger partial charge in [-0.05, 0) is 32.2 Å². The summed E-state index contributed by atoms with van der Waals surface area (Å²) in [5.74, 6) is -0.0170. The summed E-state index contributed by atoms with van der Waals surface area (Å²) < 4.78 is 25.9. The van der Waals surface area contributed by atoms with Crippen molar-refractivity contribution in [3.05, 3.63) is 0 Å². The van der Waals surface area contributed by atoms with Crippen molar-refractivity contribution in [2.24, 2.45) is 0 Å². The molecule has 0 aromatic rings. The molecule has 7 heteroatoms. The highest BCUT2D eigenvalue weighted by atomic mass is 32.2. The largest absolute Gasteiger partial charge is 0.353 e. The van der Waals surface area contributed by atoms with Gasteiger partial charge in [0.1, 0.15) is 6.04 Å². The maximum Gasteiger partial charge on any atom is 0.238 e. The van der Waals surface area contributed by atoms with Crippen LogP contribution in [0.15, 0.2) is 0 Å². The molecule has 1 unspecified atom stereocenters. The van der Waals surface area contributed by atoms with E-state index in [1.165, 1.54) is 4.31 Å². The van der Waals surface area contributed by atoms with E-state index in [9.17, 15) is 13.2 Å². The van der Waals surface area contributed by atoms with Crippen molar-refractivity contribution in [3.8, 4) is 0 Å². The van der Waals surface area contributed by atoms with Gasteiger partial charge in [-0.25, -0.2) is 8.42 Å². The predicted octanol–water partition coefficient (Wildman–Crippen LogP) is 0.697. The summed E-state index contributed by atoms with van der Waals surface area (Å²) in [6.07, 6.45) is 3.93. The molecule has 21 heavy (non-hydrogen) atoms. The average Bonchev–Trinajstić information content (AvgIpc) is 2.95. The zero-order chi connectivity index (χ0) is 15.7. The van der Waals surface area contributed by atoms with Crippen LogP contribution in [0.5, 0.6) is 0 Å². The molecule has 1 saturated heterocycles. The molecule has 1 amide bonds. The Hall–Kier alpha value is -0.660. The SMILES string of the molecule is CCCCS(=O)(=O)N1CCCC1C(=O)NCCNCCC. The maximum atomic E-state index is 12.3. The van der Waals surface area contributed by atoms with E-state index in [-0.39, 0.29) is 11.7 Å². The number of amides is 1. The number of rotatable bonds is 10. The Balaban J connectivity index is 2.46. The number of carbonyl (C=O) groups excluding carboxylic acids is 1. The minimum Gasteiger partial charge on any atom is -0.353 e. The summed E-state index contributed by atoms with van der Waals surface area (Å²) in [6, 6.07) is -0.516. The molecule has 124 valence electrons. The van der Waals surface area contributed by atoms with Crippen LogP contribution in [-0.2, 0) is 14.8 Å². The fraction of sp³-hybridized carbons (Fsp3) is 0.929. The van der Waals surface area contributed by atoms with E-state index in [4.69, 9.17) is 0 Å². The van der Waals surface area contributed by atoms with Crippen LogP contribution in [-0.4, -0.2) is 56.6 Å². The normalized spacial score (nSPS) is 19.8. The molecular weight excluding hydrogens is 290 g/mol. The Bertz CT molecular complexity index is 412. The monoisotopic (exact) mass is 319 g/mol. The van der Waals surface area contributed by atoms with Crippen molar-refractivity contribution in [1.82, 2.24) is 14.9 Å². The average molecular weight is 319 g/mol. The van der Waals surface area contributed by atoms with E-state index in [1.807, 2.05) is 6.92 Å². The molecule has 1 fully saturated rings.